The summed E-state index contributed by atoms with van der Waals surface area (Å²) in [5.74, 6) is 1.02. The van der Waals surface area contributed by atoms with E-state index in [1.54, 1.807) is 0 Å². The molecule has 0 saturated carbocycles. The van der Waals surface area contributed by atoms with Gasteiger partial charge in [-0.2, -0.15) is 0 Å². The summed E-state index contributed by atoms with van der Waals surface area (Å²) in [4.78, 5) is 20.8. The third-order valence-corrected chi connectivity index (χ3v) is 4.80. The maximum absolute atomic E-state index is 11.1. The molecule has 114 valence electrons. The molecule has 2 saturated heterocycles. The van der Waals surface area contributed by atoms with Gasteiger partial charge in [0.25, 0.3) is 0 Å². The molecule has 2 bridgehead atoms. The normalized spacial score (nSPS) is 24.2. The van der Waals surface area contributed by atoms with Crippen LogP contribution in [0.2, 0.25) is 0 Å². The number of amides is 1. The van der Waals surface area contributed by atoms with Crippen LogP contribution < -0.4 is 10.2 Å². The van der Waals surface area contributed by atoms with Crippen LogP contribution in [0.5, 0.6) is 0 Å². The fourth-order valence-corrected chi connectivity index (χ4v) is 3.70. The maximum Gasteiger partial charge on any atom is 0.221 e. The molecule has 3 heterocycles. The molecule has 22 heavy (non-hydrogen) atoms. The molecule has 2 fully saturated rings. The summed E-state index contributed by atoms with van der Waals surface area (Å²) < 4.78 is 0. The van der Waals surface area contributed by atoms with Gasteiger partial charge in [-0.05, 0) is 43.8 Å². The van der Waals surface area contributed by atoms with Crippen molar-refractivity contribution in [3.05, 3.63) is 30.3 Å². The minimum absolute atomic E-state index is 0.0545. The minimum Gasteiger partial charge on any atom is -0.351 e. The van der Waals surface area contributed by atoms with Gasteiger partial charge in [-0.15, -0.1) is 0 Å². The van der Waals surface area contributed by atoms with Crippen LogP contribution in [0.15, 0.2) is 30.3 Å². The van der Waals surface area contributed by atoms with Gasteiger partial charge < -0.3 is 10.2 Å². The van der Waals surface area contributed by atoms with Crippen molar-refractivity contribution in [1.82, 2.24) is 9.88 Å². The number of anilines is 2. The number of likely N-dealkylation sites (tertiary alicyclic amines) is 1. The van der Waals surface area contributed by atoms with Crippen molar-refractivity contribution in [2.75, 3.05) is 30.4 Å². The summed E-state index contributed by atoms with van der Waals surface area (Å²) in [6.07, 6.45) is 1.25. The van der Waals surface area contributed by atoms with Crippen molar-refractivity contribution in [1.29, 1.82) is 0 Å². The van der Waals surface area contributed by atoms with Gasteiger partial charge in [-0.25, -0.2) is 4.98 Å². The highest BCUT2D eigenvalue weighted by atomic mass is 16.1. The lowest BCUT2D eigenvalue weighted by molar-refractivity contribution is -0.114. The third kappa shape index (κ3) is 2.22. The molecule has 2 atom stereocenters. The summed E-state index contributed by atoms with van der Waals surface area (Å²) in [5.41, 5.74) is 1.79. The lowest BCUT2D eigenvalue weighted by Crippen LogP contribution is -2.44. The Kier molecular flexibility index (Phi) is 3.04. The van der Waals surface area contributed by atoms with Crippen LogP contribution in [0, 0.1) is 0 Å². The monoisotopic (exact) mass is 296 g/mol. The zero-order valence-electron chi connectivity index (χ0n) is 12.9. The molecule has 2 aliphatic heterocycles. The lowest BCUT2D eigenvalue weighted by atomic mass is 10.2. The summed E-state index contributed by atoms with van der Waals surface area (Å²) in [6.45, 7) is 3.72. The first-order valence-electron chi connectivity index (χ1n) is 7.75. The first-order valence-corrected chi connectivity index (χ1v) is 7.75. The molecule has 1 aromatic heterocycles. The van der Waals surface area contributed by atoms with Crippen LogP contribution in [0.3, 0.4) is 0 Å². The topological polar surface area (TPSA) is 48.5 Å². The van der Waals surface area contributed by atoms with Crippen molar-refractivity contribution < 1.29 is 4.79 Å². The Labute approximate surface area is 129 Å². The predicted molar refractivity (Wildman–Crippen MR) is 88.2 cm³/mol. The van der Waals surface area contributed by atoms with E-state index < -0.39 is 0 Å². The molecule has 0 aliphatic carbocycles. The number of nitrogens with zero attached hydrogens (tertiary/aromatic N) is 3. The summed E-state index contributed by atoms with van der Waals surface area (Å²) in [5, 5.41) is 3.86. The van der Waals surface area contributed by atoms with Gasteiger partial charge in [0.15, 0.2) is 0 Å². The number of rotatable bonds is 2. The first-order chi connectivity index (χ1) is 10.6. The van der Waals surface area contributed by atoms with E-state index in [2.05, 4.69) is 34.3 Å². The zero-order chi connectivity index (χ0) is 15.3. The number of piperazine rings is 1. The van der Waals surface area contributed by atoms with Crippen LogP contribution in [0.25, 0.3) is 10.9 Å². The number of pyridine rings is 1. The molecule has 1 N–H and O–H groups in total. The maximum atomic E-state index is 11.1. The Bertz CT molecular complexity index is 743. The van der Waals surface area contributed by atoms with E-state index in [4.69, 9.17) is 4.98 Å². The molecule has 5 nitrogen and oxygen atoms in total. The Morgan fingerprint density at radius 2 is 2.09 bits per heavy atom. The Hall–Kier alpha value is -2.14. The second-order valence-electron chi connectivity index (χ2n) is 6.39. The van der Waals surface area contributed by atoms with Crippen LogP contribution >= 0.6 is 0 Å². The standard InChI is InChI=1S/C17H20N4O/c1-11(22)18-13-4-5-16-12(7-13)3-6-17(19-16)21-10-14-8-15(21)9-20(14)2/h3-7,14-15H,8-10H2,1-2H3,(H,18,22). The van der Waals surface area contributed by atoms with E-state index in [-0.39, 0.29) is 5.91 Å². The van der Waals surface area contributed by atoms with Gasteiger partial charge in [0.05, 0.1) is 5.52 Å². The number of nitrogens with one attached hydrogen (secondary N) is 1. The smallest absolute Gasteiger partial charge is 0.221 e. The largest absolute Gasteiger partial charge is 0.351 e. The number of benzene rings is 1. The fraction of sp³-hybridized carbons (Fsp3) is 0.412. The van der Waals surface area contributed by atoms with Gasteiger partial charge >= 0.3 is 0 Å². The van der Waals surface area contributed by atoms with E-state index in [0.717, 1.165) is 35.5 Å². The number of aromatic nitrogens is 1. The van der Waals surface area contributed by atoms with Gasteiger partial charge in [0.1, 0.15) is 5.82 Å². The molecule has 1 amide bonds. The van der Waals surface area contributed by atoms with E-state index in [1.165, 1.54) is 13.3 Å². The van der Waals surface area contributed by atoms with Gasteiger partial charge in [0.2, 0.25) is 5.91 Å². The molecule has 0 spiro atoms. The molecule has 2 unspecified atom stereocenters. The van der Waals surface area contributed by atoms with Gasteiger partial charge in [-0.3, -0.25) is 9.69 Å². The highest BCUT2D eigenvalue weighted by Crippen LogP contribution is 2.33. The number of carbonyl (C=O) groups excluding carboxylic acids is 1. The van der Waals surface area contributed by atoms with E-state index in [1.807, 2.05) is 18.2 Å². The zero-order valence-corrected chi connectivity index (χ0v) is 12.9. The van der Waals surface area contributed by atoms with Gasteiger partial charge in [-0.1, -0.05) is 0 Å². The Morgan fingerprint density at radius 3 is 2.77 bits per heavy atom. The van der Waals surface area contributed by atoms with E-state index in [9.17, 15) is 4.79 Å². The highest BCUT2D eigenvalue weighted by Gasteiger charge is 2.41. The van der Waals surface area contributed by atoms with Crippen LogP contribution in [0.4, 0.5) is 11.5 Å². The second kappa shape index (κ2) is 4.95. The molecule has 1 aromatic carbocycles. The van der Waals surface area contributed by atoms with Crippen molar-refractivity contribution in [3.8, 4) is 0 Å². The predicted octanol–water partition coefficient (Wildman–Crippen LogP) is 2.09. The van der Waals surface area contributed by atoms with Crippen molar-refractivity contribution in [2.24, 2.45) is 0 Å². The van der Waals surface area contributed by atoms with Crippen LogP contribution in [-0.2, 0) is 4.79 Å². The quantitative estimate of drug-likeness (QED) is 0.922. The number of hydrogen-bond donors (Lipinski definition) is 1. The van der Waals surface area contributed by atoms with Crippen LogP contribution in [-0.4, -0.2) is 48.0 Å². The number of hydrogen-bond acceptors (Lipinski definition) is 4. The number of fused-ring (bicyclic) bond motifs is 3. The van der Waals surface area contributed by atoms with E-state index >= 15 is 0 Å². The lowest BCUT2D eigenvalue weighted by Gasteiger charge is -2.32. The molecular weight excluding hydrogens is 276 g/mol. The highest BCUT2D eigenvalue weighted by molar-refractivity contribution is 5.92. The summed E-state index contributed by atoms with van der Waals surface area (Å²) >= 11 is 0. The molecule has 2 aliphatic rings. The number of carbonyl (C=O) groups is 1. The average molecular weight is 296 g/mol. The van der Waals surface area contributed by atoms with Crippen molar-refractivity contribution in [3.63, 3.8) is 0 Å². The Morgan fingerprint density at radius 1 is 1.23 bits per heavy atom. The number of likely N-dealkylation sites (N-methyl/N-ethyl adjacent to an activating group) is 1. The summed E-state index contributed by atoms with van der Waals surface area (Å²) in [7, 11) is 2.21. The van der Waals surface area contributed by atoms with Gasteiger partial charge in [0, 0.05) is 43.2 Å². The molecular formula is C17H20N4O. The van der Waals surface area contributed by atoms with Crippen molar-refractivity contribution >= 4 is 28.3 Å². The fourth-order valence-electron chi connectivity index (χ4n) is 3.70. The SMILES string of the molecule is CC(=O)Nc1ccc2nc(N3CC4CC3CN4C)ccc2c1. The van der Waals surface area contributed by atoms with E-state index in [0.29, 0.717) is 12.1 Å². The second-order valence-corrected chi connectivity index (χ2v) is 6.39. The van der Waals surface area contributed by atoms with Crippen LogP contribution in [0.1, 0.15) is 13.3 Å². The minimum atomic E-state index is -0.0545. The third-order valence-electron chi connectivity index (χ3n) is 4.80. The Balaban J connectivity index is 1.63. The molecule has 0 radical (unpaired) electrons. The average Bonchev–Trinajstić information content (AvgIpc) is 3.05. The molecule has 5 heteroatoms. The van der Waals surface area contributed by atoms with Crippen molar-refractivity contribution in [2.45, 2.75) is 25.4 Å². The first kappa shape index (κ1) is 13.5. The molecule has 4 rings (SSSR count). The molecule has 2 aromatic rings. The summed E-state index contributed by atoms with van der Waals surface area (Å²) in [6, 6.07) is 11.3.